The molecule has 1 aromatic rings. The molecule has 1 fully saturated rings. The first-order valence-corrected chi connectivity index (χ1v) is 10.2. The molecule has 116 valence electrons. The molecule has 0 spiro atoms. The Labute approximate surface area is 130 Å². The summed E-state index contributed by atoms with van der Waals surface area (Å²) in [6.45, 7) is 3.85. The van der Waals surface area contributed by atoms with Crippen molar-refractivity contribution in [2.75, 3.05) is 18.8 Å². The molecule has 0 radical (unpaired) electrons. The molecule has 21 heavy (non-hydrogen) atoms. The second-order valence-electron chi connectivity index (χ2n) is 6.07. The monoisotopic (exact) mass is 327 g/mol. The van der Waals surface area contributed by atoms with Crippen LogP contribution in [0, 0.1) is 5.92 Å². The number of rotatable bonds is 2. The fraction of sp³-hybridized carbons (Fsp3) is 0.667. The summed E-state index contributed by atoms with van der Waals surface area (Å²) in [7, 11) is -2.96. The Kier molecular flexibility index (Phi) is 4.10. The molecule has 0 saturated carbocycles. The third-order valence-corrected chi connectivity index (χ3v) is 7.31. The van der Waals surface area contributed by atoms with Crippen LogP contribution in [0.3, 0.4) is 0 Å². The third-order valence-electron chi connectivity index (χ3n) is 4.51. The zero-order chi connectivity index (χ0) is 15.0. The Morgan fingerprint density at radius 2 is 2.29 bits per heavy atom. The highest BCUT2D eigenvalue weighted by atomic mass is 32.2. The van der Waals surface area contributed by atoms with Crippen LogP contribution in [0.25, 0.3) is 0 Å². The quantitative estimate of drug-likeness (QED) is 0.838. The van der Waals surface area contributed by atoms with E-state index in [0.717, 1.165) is 36.4 Å². The highest BCUT2D eigenvalue weighted by Crippen LogP contribution is 2.31. The molecule has 1 amide bonds. The molecule has 1 unspecified atom stereocenters. The van der Waals surface area contributed by atoms with Crippen LogP contribution in [0.5, 0.6) is 0 Å². The van der Waals surface area contributed by atoms with Crippen molar-refractivity contribution < 1.29 is 13.2 Å². The number of sulfone groups is 1. The predicted octanol–water partition coefficient (Wildman–Crippen LogP) is 2.48. The van der Waals surface area contributed by atoms with Gasteiger partial charge in [-0.25, -0.2) is 8.42 Å². The van der Waals surface area contributed by atoms with Gasteiger partial charge in [-0.1, -0.05) is 13.3 Å². The lowest BCUT2D eigenvalue weighted by molar-refractivity contribution is 0.0676. The predicted molar refractivity (Wildman–Crippen MR) is 84.4 cm³/mol. The maximum Gasteiger partial charge on any atom is 0.263 e. The van der Waals surface area contributed by atoms with E-state index < -0.39 is 9.84 Å². The number of aryl methyl sites for hydroxylation is 1. The van der Waals surface area contributed by atoms with Crippen molar-refractivity contribution in [1.29, 1.82) is 0 Å². The smallest absolute Gasteiger partial charge is 0.263 e. The van der Waals surface area contributed by atoms with Crippen LogP contribution in [0.4, 0.5) is 0 Å². The third kappa shape index (κ3) is 3.16. The van der Waals surface area contributed by atoms with Gasteiger partial charge >= 0.3 is 0 Å². The Balaban J connectivity index is 1.78. The summed E-state index contributed by atoms with van der Waals surface area (Å²) in [6, 6.07) is 1.81. The Bertz CT molecular complexity index is 648. The first-order chi connectivity index (χ1) is 9.98. The number of hydrogen-bond acceptors (Lipinski definition) is 4. The number of thiophene rings is 1. The van der Waals surface area contributed by atoms with E-state index in [-0.39, 0.29) is 17.4 Å². The van der Waals surface area contributed by atoms with Crippen molar-refractivity contribution in [3.8, 4) is 0 Å². The maximum absolute atomic E-state index is 12.6. The van der Waals surface area contributed by atoms with Crippen molar-refractivity contribution in [3.05, 3.63) is 21.4 Å². The van der Waals surface area contributed by atoms with E-state index in [1.54, 1.807) is 0 Å². The van der Waals surface area contributed by atoms with Crippen LogP contribution in [0.15, 0.2) is 6.07 Å². The molecular weight excluding hydrogens is 306 g/mol. The van der Waals surface area contributed by atoms with Crippen molar-refractivity contribution in [3.63, 3.8) is 0 Å². The summed E-state index contributed by atoms with van der Waals surface area (Å²) in [5.41, 5.74) is 0.846. The topological polar surface area (TPSA) is 54.5 Å². The normalized spacial score (nSPS) is 24.6. The number of carbonyl (C=O) groups excluding carboxylic acids is 1. The number of amides is 1. The highest BCUT2D eigenvalue weighted by molar-refractivity contribution is 7.90. The van der Waals surface area contributed by atoms with Gasteiger partial charge in [-0.05, 0) is 36.8 Å². The molecule has 0 bridgehead atoms. The second-order valence-corrected chi connectivity index (χ2v) is 9.39. The van der Waals surface area contributed by atoms with Crippen molar-refractivity contribution in [1.82, 2.24) is 4.90 Å². The summed E-state index contributed by atoms with van der Waals surface area (Å²) in [5, 5.41) is 0. The Morgan fingerprint density at radius 1 is 1.48 bits per heavy atom. The molecule has 4 nitrogen and oxygen atoms in total. The maximum atomic E-state index is 12.6. The van der Waals surface area contributed by atoms with E-state index in [9.17, 15) is 13.2 Å². The van der Waals surface area contributed by atoms with Gasteiger partial charge in [0.15, 0.2) is 9.84 Å². The fourth-order valence-corrected chi connectivity index (χ4v) is 5.96. The average molecular weight is 327 g/mol. The first kappa shape index (κ1) is 15.0. The SMILES string of the molecule is CCC1CCCN(C(=O)c2cc3c(s2)CCS(=O)(=O)C3)C1. The average Bonchev–Trinajstić information content (AvgIpc) is 2.88. The van der Waals surface area contributed by atoms with E-state index in [1.165, 1.54) is 17.8 Å². The van der Waals surface area contributed by atoms with Crippen molar-refractivity contribution in [2.45, 2.75) is 38.4 Å². The summed E-state index contributed by atoms with van der Waals surface area (Å²) < 4.78 is 23.4. The Hall–Kier alpha value is -0.880. The molecule has 0 aromatic carbocycles. The lowest BCUT2D eigenvalue weighted by Crippen LogP contribution is -2.39. The Morgan fingerprint density at radius 3 is 3.05 bits per heavy atom. The van der Waals surface area contributed by atoms with E-state index in [1.807, 2.05) is 11.0 Å². The van der Waals surface area contributed by atoms with Gasteiger partial charge in [-0.2, -0.15) is 0 Å². The largest absolute Gasteiger partial charge is 0.338 e. The first-order valence-electron chi connectivity index (χ1n) is 7.60. The van der Waals surface area contributed by atoms with Gasteiger partial charge in [-0.15, -0.1) is 11.3 Å². The lowest BCUT2D eigenvalue weighted by atomic mass is 9.95. The van der Waals surface area contributed by atoms with E-state index >= 15 is 0 Å². The molecule has 2 aliphatic rings. The molecule has 1 saturated heterocycles. The summed E-state index contributed by atoms with van der Waals surface area (Å²) >= 11 is 1.49. The second kappa shape index (κ2) is 5.72. The molecule has 3 heterocycles. The van der Waals surface area contributed by atoms with Crippen LogP contribution in [0.1, 0.15) is 46.3 Å². The minimum Gasteiger partial charge on any atom is -0.338 e. The van der Waals surface area contributed by atoms with Crippen molar-refractivity contribution >= 4 is 27.1 Å². The van der Waals surface area contributed by atoms with Crippen LogP contribution in [-0.4, -0.2) is 38.1 Å². The van der Waals surface area contributed by atoms with E-state index in [4.69, 9.17) is 0 Å². The molecule has 3 rings (SSSR count). The number of fused-ring (bicyclic) bond motifs is 1. The van der Waals surface area contributed by atoms with Crippen LogP contribution in [-0.2, 0) is 22.0 Å². The van der Waals surface area contributed by atoms with Crippen LogP contribution < -0.4 is 0 Å². The van der Waals surface area contributed by atoms with E-state index in [2.05, 4.69) is 6.92 Å². The van der Waals surface area contributed by atoms with Gasteiger partial charge in [0.25, 0.3) is 5.91 Å². The molecule has 6 heteroatoms. The molecule has 0 aliphatic carbocycles. The number of carbonyl (C=O) groups is 1. The van der Waals surface area contributed by atoms with Gasteiger partial charge in [0.2, 0.25) is 0 Å². The fourth-order valence-electron chi connectivity index (χ4n) is 3.20. The minimum absolute atomic E-state index is 0.0879. The van der Waals surface area contributed by atoms with Gasteiger partial charge < -0.3 is 4.90 Å². The van der Waals surface area contributed by atoms with Crippen LogP contribution >= 0.6 is 11.3 Å². The number of hydrogen-bond donors (Lipinski definition) is 0. The number of nitrogens with zero attached hydrogens (tertiary/aromatic N) is 1. The van der Waals surface area contributed by atoms with Gasteiger partial charge in [0, 0.05) is 18.0 Å². The summed E-state index contributed by atoms with van der Waals surface area (Å²) in [4.78, 5) is 16.4. The number of piperidine rings is 1. The standard InChI is InChI=1S/C15H21NO3S2/c1-2-11-4-3-6-16(9-11)15(17)14-8-12-10-21(18,19)7-5-13(12)20-14/h8,11H,2-7,9-10H2,1H3. The highest BCUT2D eigenvalue weighted by Gasteiger charge is 2.28. The molecular formula is C15H21NO3S2. The zero-order valence-electron chi connectivity index (χ0n) is 12.3. The molecule has 2 aliphatic heterocycles. The summed E-state index contributed by atoms with van der Waals surface area (Å²) in [6.07, 6.45) is 3.96. The van der Waals surface area contributed by atoms with E-state index in [0.29, 0.717) is 17.2 Å². The van der Waals surface area contributed by atoms with Gasteiger partial charge in [0.05, 0.1) is 16.4 Å². The zero-order valence-corrected chi connectivity index (χ0v) is 13.9. The minimum atomic E-state index is -2.96. The lowest BCUT2D eigenvalue weighted by Gasteiger charge is -2.32. The molecule has 1 atom stereocenters. The molecule has 0 N–H and O–H groups in total. The van der Waals surface area contributed by atoms with Gasteiger partial charge in [-0.3, -0.25) is 4.79 Å². The van der Waals surface area contributed by atoms with Crippen LogP contribution in [0.2, 0.25) is 0 Å². The van der Waals surface area contributed by atoms with Crippen molar-refractivity contribution in [2.24, 2.45) is 5.92 Å². The molecule has 1 aromatic heterocycles. The van der Waals surface area contributed by atoms with Gasteiger partial charge in [0.1, 0.15) is 0 Å². The summed E-state index contributed by atoms with van der Waals surface area (Å²) in [5.74, 6) is 1.02. The number of likely N-dealkylation sites (tertiary alicyclic amines) is 1.